The first-order valence-electron chi connectivity index (χ1n) is 7.18. The van der Waals surface area contributed by atoms with Crippen LogP contribution in [0.4, 0.5) is 0 Å². The molecule has 1 aliphatic heterocycles. The van der Waals surface area contributed by atoms with Crippen LogP contribution in [0, 0.1) is 13.8 Å². The summed E-state index contributed by atoms with van der Waals surface area (Å²) in [7, 11) is 1.41. The van der Waals surface area contributed by atoms with Crippen LogP contribution in [0.1, 0.15) is 11.1 Å². The van der Waals surface area contributed by atoms with E-state index >= 15 is 0 Å². The number of esters is 1. The van der Waals surface area contributed by atoms with E-state index in [1.165, 1.54) is 18.2 Å². The summed E-state index contributed by atoms with van der Waals surface area (Å²) in [6.45, 7) is 6.93. The molecule has 1 fully saturated rings. The summed E-state index contributed by atoms with van der Waals surface area (Å²) in [4.78, 5) is 13.3. The molecule has 116 valence electrons. The van der Waals surface area contributed by atoms with Gasteiger partial charge in [-0.05, 0) is 37.1 Å². The second kappa shape index (κ2) is 7.43. The molecule has 0 bridgehead atoms. The Morgan fingerprint density at radius 3 is 2.71 bits per heavy atom. The molecule has 1 aromatic rings. The number of morpholine rings is 1. The van der Waals surface area contributed by atoms with E-state index in [1.807, 2.05) is 17.0 Å². The molecule has 0 spiro atoms. The molecule has 0 saturated carbocycles. The van der Waals surface area contributed by atoms with Crippen molar-refractivity contribution in [3.63, 3.8) is 0 Å². The van der Waals surface area contributed by atoms with Gasteiger partial charge < -0.3 is 14.2 Å². The molecule has 0 aromatic heterocycles. The molecule has 0 radical (unpaired) electrons. The third-order valence-electron chi connectivity index (χ3n) is 3.43. The number of ether oxygens (including phenoxy) is 3. The smallest absolute Gasteiger partial charge is 0.319 e. The van der Waals surface area contributed by atoms with Crippen molar-refractivity contribution in [1.29, 1.82) is 0 Å². The highest BCUT2D eigenvalue weighted by Crippen LogP contribution is 2.17. The zero-order valence-electron chi connectivity index (χ0n) is 12.9. The standard InChI is InChI=1S/C16H23NO4/c1-12-6-13(2)8-14(7-12)21-11-15-9-17(4-5-20-15)10-16(18)19-3/h6-8,15H,4-5,9-11H2,1-3H3/t15-/m1/s1. The van der Waals surface area contributed by atoms with Crippen molar-refractivity contribution in [3.05, 3.63) is 29.3 Å². The van der Waals surface area contributed by atoms with Crippen LogP contribution in [0.2, 0.25) is 0 Å². The Hall–Kier alpha value is -1.59. The number of benzene rings is 1. The number of carbonyl (C=O) groups is 1. The number of aryl methyl sites for hydroxylation is 2. The zero-order valence-corrected chi connectivity index (χ0v) is 12.9. The first-order valence-corrected chi connectivity index (χ1v) is 7.18. The number of carbonyl (C=O) groups excluding carboxylic acids is 1. The summed E-state index contributed by atoms with van der Waals surface area (Å²) < 4.78 is 16.2. The van der Waals surface area contributed by atoms with E-state index in [-0.39, 0.29) is 12.1 Å². The number of hydrogen-bond acceptors (Lipinski definition) is 5. The summed E-state index contributed by atoms with van der Waals surface area (Å²) >= 11 is 0. The minimum absolute atomic E-state index is 0.0239. The number of methoxy groups -OCH3 is 1. The quantitative estimate of drug-likeness (QED) is 0.771. The van der Waals surface area contributed by atoms with Gasteiger partial charge in [0, 0.05) is 13.1 Å². The van der Waals surface area contributed by atoms with E-state index in [2.05, 4.69) is 19.9 Å². The van der Waals surface area contributed by atoms with Crippen LogP contribution in [0.5, 0.6) is 5.75 Å². The normalized spacial score (nSPS) is 19.3. The van der Waals surface area contributed by atoms with Gasteiger partial charge in [0.05, 0.1) is 20.3 Å². The third kappa shape index (κ3) is 5.02. The predicted molar refractivity (Wildman–Crippen MR) is 79.6 cm³/mol. The molecule has 1 atom stereocenters. The average Bonchev–Trinajstić information content (AvgIpc) is 2.44. The van der Waals surface area contributed by atoms with E-state index in [1.54, 1.807) is 0 Å². The van der Waals surface area contributed by atoms with E-state index in [0.29, 0.717) is 26.3 Å². The van der Waals surface area contributed by atoms with Crippen LogP contribution in [-0.2, 0) is 14.3 Å². The van der Waals surface area contributed by atoms with E-state index in [9.17, 15) is 4.79 Å². The van der Waals surface area contributed by atoms with Gasteiger partial charge in [0.25, 0.3) is 0 Å². The van der Waals surface area contributed by atoms with Gasteiger partial charge in [-0.25, -0.2) is 0 Å². The second-order valence-corrected chi connectivity index (χ2v) is 5.44. The number of rotatable bonds is 5. The summed E-state index contributed by atoms with van der Waals surface area (Å²) in [6.07, 6.45) is -0.0239. The van der Waals surface area contributed by atoms with Gasteiger partial charge in [0.15, 0.2) is 0 Å². The zero-order chi connectivity index (χ0) is 15.2. The molecule has 0 amide bonds. The van der Waals surface area contributed by atoms with Crippen LogP contribution < -0.4 is 4.74 Å². The van der Waals surface area contributed by atoms with Crippen molar-refractivity contribution >= 4 is 5.97 Å². The molecule has 0 unspecified atom stereocenters. The van der Waals surface area contributed by atoms with E-state index in [4.69, 9.17) is 14.2 Å². The first-order chi connectivity index (χ1) is 10.1. The van der Waals surface area contributed by atoms with Gasteiger partial charge >= 0.3 is 5.97 Å². The second-order valence-electron chi connectivity index (χ2n) is 5.44. The van der Waals surface area contributed by atoms with Gasteiger partial charge in [-0.1, -0.05) is 6.07 Å². The maximum absolute atomic E-state index is 11.3. The van der Waals surface area contributed by atoms with Crippen LogP contribution in [0.25, 0.3) is 0 Å². The average molecular weight is 293 g/mol. The summed E-state index contributed by atoms with van der Waals surface area (Å²) in [5.41, 5.74) is 2.36. The Morgan fingerprint density at radius 2 is 2.05 bits per heavy atom. The lowest BCUT2D eigenvalue weighted by atomic mass is 10.1. The van der Waals surface area contributed by atoms with Gasteiger partial charge in [-0.15, -0.1) is 0 Å². The molecular formula is C16H23NO4. The summed E-state index contributed by atoms with van der Waals surface area (Å²) in [5.74, 6) is 0.645. The Labute approximate surface area is 125 Å². The lowest BCUT2D eigenvalue weighted by molar-refractivity contribution is -0.144. The fraction of sp³-hybridized carbons (Fsp3) is 0.562. The van der Waals surface area contributed by atoms with E-state index in [0.717, 1.165) is 12.3 Å². The molecule has 5 heteroatoms. The SMILES string of the molecule is COC(=O)CN1CCO[C@@H](COc2cc(C)cc(C)c2)C1. The topological polar surface area (TPSA) is 48.0 Å². The van der Waals surface area contributed by atoms with Gasteiger partial charge in [0.2, 0.25) is 0 Å². The largest absolute Gasteiger partial charge is 0.491 e. The van der Waals surface area contributed by atoms with Crippen molar-refractivity contribution in [2.24, 2.45) is 0 Å². The van der Waals surface area contributed by atoms with Gasteiger partial charge in [-0.2, -0.15) is 0 Å². The fourth-order valence-electron chi connectivity index (χ4n) is 2.48. The number of hydrogen-bond donors (Lipinski definition) is 0. The minimum atomic E-state index is -0.217. The van der Waals surface area contributed by atoms with Gasteiger partial charge in [-0.3, -0.25) is 9.69 Å². The van der Waals surface area contributed by atoms with Crippen molar-refractivity contribution in [2.45, 2.75) is 20.0 Å². The lowest BCUT2D eigenvalue weighted by Gasteiger charge is -2.31. The molecule has 1 saturated heterocycles. The highest BCUT2D eigenvalue weighted by Gasteiger charge is 2.22. The van der Waals surface area contributed by atoms with Crippen LogP contribution in [0.3, 0.4) is 0 Å². The van der Waals surface area contributed by atoms with Crippen molar-refractivity contribution in [2.75, 3.05) is 40.0 Å². The van der Waals surface area contributed by atoms with Crippen molar-refractivity contribution in [3.8, 4) is 5.75 Å². The fourth-order valence-corrected chi connectivity index (χ4v) is 2.48. The summed E-state index contributed by atoms with van der Waals surface area (Å²) in [6, 6.07) is 6.14. The molecule has 21 heavy (non-hydrogen) atoms. The van der Waals surface area contributed by atoms with Crippen LogP contribution in [-0.4, -0.2) is 56.9 Å². The van der Waals surface area contributed by atoms with Crippen LogP contribution >= 0.6 is 0 Å². The maximum Gasteiger partial charge on any atom is 0.319 e. The molecule has 0 N–H and O–H groups in total. The molecule has 1 aromatic carbocycles. The molecule has 5 nitrogen and oxygen atoms in total. The van der Waals surface area contributed by atoms with E-state index < -0.39 is 0 Å². The van der Waals surface area contributed by atoms with Crippen molar-refractivity contribution in [1.82, 2.24) is 4.90 Å². The maximum atomic E-state index is 11.3. The minimum Gasteiger partial charge on any atom is -0.491 e. The Morgan fingerprint density at radius 1 is 1.33 bits per heavy atom. The Bertz CT molecular complexity index is 469. The lowest BCUT2D eigenvalue weighted by Crippen LogP contribution is -2.46. The molecule has 2 rings (SSSR count). The first kappa shape index (κ1) is 15.8. The highest BCUT2D eigenvalue weighted by atomic mass is 16.5. The molecular weight excluding hydrogens is 270 g/mol. The Kier molecular flexibility index (Phi) is 5.59. The van der Waals surface area contributed by atoms with Crippen molar-refractivity contribution < 1.29 is 19.0 Å². The molecule has 1 aliphatic rings. The van der Waals surface area contributed by atoms with Crippen LogP contribution in [0.15, 0.2) is 18.2 Å². The van der Waals surface area contributed by atoms with Gasteiger partial charge in [0.1, 0.15) is 18.5 Å². The molecule has 1 heterocycles. The highest BCUT2D eigenvalue weighted by molar-refractivity contribution is 5.71. The Balaban J connectivity index is 1.83. The summed E-state index contributed by atoms with van der Waals surface area (Å²) in [5, 5.41) is 0. The monoisotopic (exact) mass is 293 g/mol. The molecule has 0 aliphatic carbocycles. The third-order valence-corrected chi connectivity index (χ3v) is 3.43. The number of nitrogens with zero attached hydrogens (tertiary/aromatic N) is 1. The predicted octanol–water partition coefficient (Wildman–Crippen LogP) is 1.56.